The molecule has 6 heterocycles. The molecule has 1 N–H and O–H groups in total. The van der Waals surface area contributed by atoms with Gasteiger partial charge < -0.3 is 24.4 Å². The van der Waals surface area contributed by atoms with Gasteiger partial charge in [0.1, 0.15) is 25.3 Å². The molecule has 10 heteroatoms. The molecule has 34 heavy (non-hydrogen) atoms. The summed E-state index contributed by atoms with van der Waals surface area (Å²) in [6.45, 7) is 4.54. The highest BCUT2D eigenvalue weighted by atomic mass is 19.1. The fourth-order valence-electron chi connectivity index (χ4n) is 5.01. The van der Waals surface area contributed by atoms with Crippen molar-refractivity contribution in [1.82, 2.24) is 24.8 Å². The molecule has 0 aromatic carbocycles. The Bertz CT molecular complexity index is 1270. The molecule has 0 saturated carbocycles. The lowest BCUT2D eigenvalue weighted by molar-refractivity contribution is 0.137. The van der Waals surface area contributed by atoms with Crippen LogP contribution < -0.4 is 25.1 Å². The van der Waals surface area contributed by atoms with E-state index in [1.54, 1.807) is 16.8 Å². The Balaban J connectivity index is 1.07. The second kappa shape index (κ2) is 8.84. The Morgan fingerprint density at radius 3 is 2.74 bits per heavy atom. The smallest absolute Gasteiger partial charge is 0.251 e. The number of nitrogens with zero attached hydrogens (tertiary/aromatic N) is 4. The summed E-state index contributed by atoms with van der Waals surface area (Å²) in [7, 11) is 0. The maximum Gasteiger partial charge on any atom is 0.251 e. The Labute approximate surface area is 195 Å². The highest BCUT2D eigenvalue weighted by Gasteiger charge is 2.29. The van der Waals surface area contributed by atoms with Crippen molar-refractivity contribution >= 4 is 11.0 Å². The van der Waals surface area contributed by atoms with Crippen molar-refractivity contribution in [3.63, 3.8) is 0 Å². The summed E-state index contributed by atoms with van der Waals surface area (Å²) in [4.78, 5) is 23.6. The first-order valence-corrected chi connectivity index (χ1v) is 11.7. The summed E-state index contributed by atoms with van der Waals surface area (Å²) < 4.78 is 32.8. The summed E-state index contributed by atoms with van der Waals surface area (Å²) >= 11 is 0. The molecule has 1 saturated heterocycles. The Hall–Kier alpha value is -3.24. The zero-order valence-corrected chi connectivity index (χ0v) is 18.7. The van der Waals surface area contributed by atoms with E-state index in [0.29, 0.717) is 49.1 Å². The average molecular weight is 468 g/mol. The van der Waals surface area contributed by atoms with Crippen LogP contribution in [0.25, 0.3) is 11.0 Å². The van der Waals surface area contributed by atoms with Crippen LogP contribution in [0.4, 0.5) is 4.39 Å². The number of hydrogen-bond donors (Lipinski definition) is 1. The minimum Gasteiger partial charge on any atom is -0.486 e. The lowest BCUT2D eigenvalue weighted by atomic mass is 10.0. The van der Waals surface area contributed by atoms with Gasteiger partial charge in [-0.05, 0) is 32.0 Å². The minimum atomic E-state index is -0.537. The molecule has 0 radical (unpaired) electrons. The number of nitrogens with one attached hydrogen (secondary N) is 1. The van der Waals surface area contributed by atoms with E-state index >= 15 is 0 Å². The predicted octanol–water partition coefficient (Wildman–Crippen LogP) is 1.89. The molecule has 0 amide bonds. The summed E-state index contributed by atoms with van der Waals surface area (Å²) in [6.07, 6.45) is 4.85. The van der Waals surface area contributed by atoms with E-state index in [-0.39, 0.29) is 24.0 Å². The molecule has 0 spiro atoms. The number of aromatic nitrogens is 3. The van der Waals surface area contributed by atoms with Gasteiger partial charge in [-0.2, -0.15) is 0 Å². The molecule has 3 aromatic heterocycles. The van der Waals surface area contributed by atoms with Crippen molar-refractivity contribution in [1.29, 1.82) is 0 Å². The fraction of sp³-hybridized carbons (Fsp3) is 0.458. The van der Waals surface area contributed by atoms with E-state index in [9.17, 15) is 9.18 Å². The first-order valence-electron chi connectivity index (χ1n) is 11.7. The highest BCUT2D eigenvalue weighted by Crippen LogP contribution is 2.33. The molecule has 0 aliphatic carbocycles. The highest BCUT2D eigenvalue weighted by molar-refractivity contribution is 5.82. The maximum atomic E-state index is 14.2. The van der Waals surface area contributed by atoms with Gasteiger partial charge in [0.25, 0.3) is 5.56 Å². The van der Waals surface area contributed by atoms with E-state index in [1.165, 1.54) is 6.07 Å². The number of halogens is 1. The monoisotopic (exact) mass is 467 g/mol. The number of pyridine rings is 3. The van der Waals surface area contributed by atoms with Crippen LogP contribution in [0.2, 0.25) is 0 Å². The van der Waals surface area contributed by atoms with Crippen LogP contribution in [0.1, 0.15) is 24.6 Å². The van der Waals surface area contributed by atoms with Crippen LogP contribution in [0, 0.1) is 5.82 Å². The predicted molar refractivity (Wildman–Crippen MR) is 122 cm³/mol. The molecule has 178 valence electrons. The van der Waals surface area contributed by atoms with E-state index in [0.717, 1.165) is 43.6 Å². The van der Waals surface area contributed by atoms with E-state index < -0.39 is 5.82 Å². The Morgan fingerprint density at radius 2 is 1.88 bits per heavy atom. The molecule has 1 fully saturated rings. The SMILES string of the molecule is O=c1ccc2ncc(F)c3c2n1C(CN1CCC(NCc2cc4c(cn2)OCCO4)CC1)CO3. The Morgan fingerprint density at radius 1 is 1.06 bits per heavy atom. The van der Waals surface area contributed by atoms with Gasteiger partial charge in [-0.3, -0.25) is 19.3 Å². The van der Waals surface area contributed by atoms with Crippen molar-refractivity contribution in [2.45, 2.75) is 31.5 Å². The average Bonchev–Trinajstić information content (AvgIpc) is 2.87. The third-order valence-electron chi connectivity index (χ3n) is 6.75. The molecule has 3 aliphatic heterocycles. The van der Waals surface area contributed by atoms with Gasteiger partial charge in [-0.25, -0.2) is 4.39 Å². The van der Waals surface area contributed by atoms with Crippen LogP contribution >= 0.6 is 0 Å². The summed E-state index contributed by atoms with van der Waals surface area (Å²) in [5.74, 6) is 1.04. The normalized spacial score (nSPS) is 20.3. The van der Waals surface area contributed by atoms with Gasteiger partial charge in [0.05, 0.1) is 29.6 Å². The van der Waals surface area contributed by atoms with Crippen LogP contribution in [-0.2, 0) is 6.54 Å². The number of likely N-dealkylation sites (tertiary alicyclic amines) is 1. The third-order valence-corrected chi connectivity index (χ3v) is 6.75. The quantitative estimate of drug-likeness (QED) is 0.609. The van der Waals surface area contributed by atoms with Gasteiger partial charge in [0.2, 0.25) is 0 Å². The number of ether oxygens (including phenoxy) is 3. The van der Waals surface area contributed by atoms with Crippen molar-refractivity contribution in [2.75, 3.05) is 39.5 Å². The van der Waals surface area contributed by atoms with Gasteiger partial charge >= 0.3 is 0 Å². The molecule has 1 atom stereocenters. The number of fused-ring (bicyclic) bond motifs is 1. The first kappa shape index (κ1) is 21.3. The van der Waals surface area contributed by atoms with Crippen LogP contribution in [0.3, 0.4) is 0 Å². The Kier molecular flexibility index (Phi) is 5.54. The largest absolute Gasteiger partial charge is 0.486 e. The van der Waals surface area contributed by atoms with Gasteiger partial charge in [-0.1, -0.05) is 0 Å². The third kappa shape index (κ3) is 3.97. The first-order chi connectivity index (χ1) is 16.7. The van der Waals surface area contributed by atoms with Crippen molar-refractivity contribution < 1.29 is 18.6 Å². The van der Waals surface area contributed by atoms with E-state index in [4.69, 9.17) is 14.2 Å². The van der Waals surface area contributed by atoms with Gasteiger partial charge in [0.15, 0.2) is 23.1 Å². The van der Waals surface area contributed by atoms with E-state index in [1.807, 2.05) is 6.07 Å². The molecule has 9 nitrogen and oxygen atoms in total. The molecular weight excluding hydrogens is 441 g/mol. The van der Waals surface area contributed by atoms with E-state index in [2.05, 4.69) is 20.2 Å². The molecule has 3 aliphatic rings. The molecule has 3 aromatic rings. The number of piperidine rings is 1. The van der Waals surface area contributed by atoms with Gasteiger partial charge in [-0.15, -0.1) is 0 Å². The second-order valence-corrected chi connectivity index (χ2v) is 8.95. The van der Waals surface area contributed by atoms with Crippen molar-refractivity contribution in [2.24, 2.45) is 0 Å². The fourth-order valence-corrected chi connectivity index (χ4v) is 5.01. The zero-order chi connectivity index (χ0) is 23.1. The van der Waals surface area contributed by atoms with Crippen LogP contribution in [0.15, 0.2) is 35.4 Å². The zero-order valence-electron chi connectivity index (χ0n) is 18.7. The minimum absolute atomic E-state index is 0.120. The number of hydrogen-bond acceptors (Lipinski definition) is 8. The number of rotatable bonds is 5. The lowest BCUT2D eigenvalue weighted by Gasteiger charge is -2.36. The second-order valence-electron chi connectivity index (χ2n) is 8.95. The summed E-state index contributed by atoms with van der Waals surface area (Å²) in [6, 6.07) is 5.26. The van der Waals surface area contributed by atoms with Crippen LogP contribution in [-0.4, -0.2) is 64.9 Å². The lowest BCUT2D eigenvalue weighted by Crippen LogP contribution is -2.46. The molecule has 1 unspecified atom stereocenters. The summed E-state index contributed by atoms with van der Waals surface area (Å²) in [5.41, 5.74) is 1.79. The molecule has 6 rings (SSSR count). The standard InChI is InChI=1S/C24H26FN5O4/c25-18-11-28-19-1-2-22(31)30-17(14-34-24(18)23(19)30)13-29-5-3-15(4-6-29)26-10-16-9-20-21(12-27-16)33-8-7-32-20/h1-2,9,11-12,15,17,26H,3-8,10,13-14H2. The van der Waals surface area contributed by atoms with Crippen LogP contribution in [0.5, 0.6) is 17.2 Å². The maximum absolute atomic E-state index is 14.2. The topological polar surface area (TPSA) is 90.7 Å². The summed E-state index contributed by atoms with van der Waals surface area (Å²) in [5, 5.41) is 3.60. The van der Waals surface area contributed by atoms with Crippen molar-refractivity contribution in [3.8, 4) is 17.2 Å². The van der Waals surface area contributed by atoms with Gasteiger partial charge in [0, 0.05) is 31.3 Å². The molecular formula is C24H26FN5O4. The van der Waals surface area contributed by atoms with Crippen molar-refractivity contribution in [3.05, 3.63) is 52.5 Å². The molecule has 0 bridgehead atoms.